The van der Waals surface area contributed by atoms with Gasteiger partial charge < -0.3 is 10.1 Å². The van der Waals surface area contributed by atoms with E-state index in [1.807, 2.05) is 7.05 Å². The number of carbonyl (C=O) groups excluding carboxylic acids is 1. The zero-order valence-corrected chi connectivity index (χ0v) is 9.49. The van der Waals surface area contributed by atoms with Crippen LogP contribution >= 0.6 is 0 Å². The zero-order chi connectivity index (χ0) is 11.5. The van der Waals surface area contributed by atoms with E-state index in [9.17, 15) is 4.79 Å². The number of aryl methyl sites for hydroxylation is 1. The van der Waals surface area contributed by atoms with E-state index in [1.165, 1.54) is 12.7 Å². The highest BCUT2D eigenvalue weighted by atomic mass is 16.5. The molecule has 0 bridgehead atoms. The van der Waals surface area contributed by atoms with Gasteiger partial charge in [-0.15, -0.1) is 0 Å². The summed E-state index contributed by atoms with van der Waals surface area (Å²) in [6, 6.07) is 1.77. The standard InChI is InChI=1S/C11H15N3O2/c1-14-10(8-4-3-5-12-7-8)6-9(13-14)11(15)16-2/h4,6,12H,3,5,7H2,1-2H3. The molecule has 2 heterocycles. The molecule has 1 N–H and O–H groups in total. The Morgan fingerprint density at radius 3 is 3.06 bits per heavy atom. The van der Waals surface area contributed by atoms with Crippen molar-refractivity contribution in [2.75, 3.05) is 20.2 Å². The van der Waals surface area contributed by atoms with Crippen molar-refractivity contribution in [3.05, 3.63) is 23.5 Å². The van der Waals surface area contributed by atoms with Crippen LogP contribution in [0.3, 0.4) is 0 Å². The van der Waals surface area contributed by atoms with Gasteiger partial charge in [0.2, 0.25) is 0 Å². The van der Waals surface area contributed by atoms with Crippen LogP contribution in [0.15, 0.2) is 12.1 Å². The first-order chi connectivity index (χ1) is 7.72. The largest absolute Gasteiger partial charge is 0.464 e. The second-order valence-corrected chi connectivity index (χ2v) is 3.72. The Balaban J connectivity index is 2.31. The maximum atomic E-state index is 11.3. The fourth-order valence-electron chi connectivity index (χ4n) is 1.81. The van der Waals surface area contributed by atoms with E-state index in [4.69, 9.17) is 0 Å². The third kappa shape index (κ3) is 1.99. The number of hydrogen-bond acceptors (Lipinski definition) is 4. The van der Waals surface area contributed by atoms with E-state index in [-0.39, 0.29) is 0 Å². The van der Waals surface area contributed by atoms with Crippen molar-refractivity contribution >= 4 is 11.5 Å². The molecule has 0 radical (unpaired) electrons. The molecular weight excluding hydrogens is 206 g/mol. The Morgan fingerprint density at radius 1 is 1.62 bits per heavy atom. The average molecular weight is 221 g/mol. The maximum Gasteiger partial charge on any atom is 0.358 e. The maximum absolute atomic E-state index is 11.3. The minimum atomic E-state index is -0.397. The highest BCUT2D eigenvalue weighted by Crippen LogP contribution is 2.17. The van der Waals surface area contributed by atoms with Crippen molar-refractivity contribution in [1.29, 1.82) is 0 Å². The third-order valence-corrected chi connectivity index (χ3v) is 2.63. The molecule has 0 aliphatic carbocycles. The van der Waals surface area contributed by atoms with E-state index in [0.29, 0.717) is 5.69 Å². The monoisotopic (exact) mass is 221 g/mol. The summed E-state index contributed by atoms with van der Waals surface area (Å²) in [6.07, 6.45) is 3.18. The Morgan fingerprint density at radius 2 is 2.44 bits per heavy atom. The highest BCUT2D eigenvalue weighted by molar-refractivity contribution is 5.88. The smallest absolute Gasteiger partial charge is 0.358 e. The summed E-state index contributed by atoms with van der Waals surface area (Å²) < 4.78 is 6.36. The number of esters is 1. The van der Waals surface area contributed by atoms with E-state index < -0.39 is 5.97 Å². The fraction of sp³-hybridized carbons (Fsp3) is 0.455. The molecule has 2 rings (SSSR count). The first-order valence-corrected chi connectivity index (χ1v) is 5.25. The van der Waals surface area contributed by atoms with Crippen LogP contribution in [0.5, 0.6) is 0 Å². The lowest BCUT2D eigenvalue weighted by Crippen LogP contribution is -2.22. The molecule has 0 unspecified atom stereocenters. The molecule has 0 saturated heterocycles. The number of ether oxygens (including phenoxy) is 1. The molecule has 0 aromatic carbocycles. The lowest BCUT2D eigenvalue weighted by molar-refractivity contribution is 0.0593. The molecule has 5 heteroatoms. The van der Waals surface area contributed by atoms with E-state index in [0.717, 1.165) is 25.2 Å². The molecule has 5 nitrogen and oxygen atoms in total. The van der Waals surface area contributed by atoms with Gasteiger partial charge in [-0.05, 0) is 24.6 Å². The summed E-state index contributed by atoms with van der Waals surface area (Å²) in [6.45, 7) is 1.82. The van der Waals surface area contributed by atoms with Gasteiger partial charge in [0, 0.05) is 13.6 Å². The van der Waals surface area contributed by atoms with Crippen molar-refractivity contribution < 1.29 is 9.53 Å². The highest BCUT2D eigenvalue weighted by Gasteiger charge is 2.16. The number of rotatable bonds is 2. The topological polar surface area (TPSA) is 56.1 Å². The Bertz CT molecular complexity index is 434. The van der Waals surface area contributed by atoms with Crippen LogP contribution < -0.4 is 5.32 Å². The van der Waals surface area contributed by atoms with Crippen LogP contribution in [0.1, 0.15) is 22.6 Å². The predicted molar refractivity (Wildman–Crippen MR) is 60.0 cm³/mol. The molecule has 0 spiro atoms. The fourth-order valence-corrected chi connectivity index (χ4v) is 1.81. The second kappa shape index (κ2) is 4.49. The number of nitrogens with zero attached hydrogens (tertiary/aromatic N) is 2. The third-order valence-electron chi connectivity index (χ3n) is 2.63. The Kier molecular flexibility index (Phi) is 3.05. The van der Waals surface area contributed by atoms with Crippen molar-refractivity contribution in [2.45, 2.75) is 6.42 Å². The molecule has 0 saturated carbocycles. The van der Waals surface area contributed by atoms with Gasteiger partial charge in [-0.3, -0.25) is 4.68 Å². The Labute approximate surface area is 94.1 Å². The van der Waals surface area contributed by atoms with E-state index in [2.05, 4.69) is 21.2 Å². The van der Waals surface area contributed by atoms with E-state index >= 15 is 0 Å². The lowest BCUT2D eigenvalue weighted by Gasteiger charge is -2.13. The quantitative estimate of drug-likeness (QED) is 0.742. The molecule has 0 atom stereocenters. The number of aromatic nitrogens is 2. The van der Waals surface area contributed by atoms with Gasteiger partial charge in [-0.2, -0.15) is 5.10 Å². The summed E-state index contributed by atoms with van der Waals surface area (Å²) in [5.74, 6) is -0.397. The van der Waals surface area contributed by atoms with Crippen LogP contribution in [0.25, 0.3) is 5.57 Å². The second-order valence-electron chi connectivity index (χ2n) is 3.72. The van der Waals surface area contributed by atoms with Crippen LogP contribution in [0.4, 0.5) is 0 Å². The van der Waals surface area contributed by atoms with Gasteiger partial charge in [-0.1, -0.05) is 6.08 Å². The molecule has 1 aromatic rings. The molecule has 86 valence electrons. The summed E-state index contributed by atoms with van der Waals surface area (Å²) in [4.78, 5) is 11.3. The Hall–Kier alpha value is -1.62. The minimum Gasteiger partial charge on any atom is -0.464 e. The average Bonchev–Trinajstić information content (AvgIpc) is 2.71. The summed E-state index contributed by atoms with van der Waals surface area (Å²) in [5, 5.41) is 7.42. The number of methoxy groups -OCH3 is 1. The molecule has 1 aliphatic rings. The molecule has 0 amide bonds. The predicted octanol–water partition coefficient (Wildman–Crippen LogP) is 0.583. The van der Waals surface area contributed by atoms with Crippen LogP contribution in [-0.4, -0.2) is 35.9 Å². The SMILES string of the molecule is COC(=O)c1cc(C2=CCCNC2)n(C)n1. The van der Waals surface area contributed by atoms with Gasteiger partial charge in [0.15, 0.2) is 5.69 Å². The van der Waals surface area contributed by atoms with Crippen molar-refractivity contribution in [2.24, 2.45) is 7.05 Å². The first kappa shape index (κ1) is 10.9. The van der Waals surface area contributed by atoms with Gasteiger partial charge in [-0.25, -0.2) is 4.79 Å². The van der Waals surface area contributed by atoms with Crippen LogP contribution in [0, 0.1) is 0 Å². The molecule has 16 heavy (non-hydrogen) atoms. The zero-order valence-electron chi connectivity index (χ0n) is 9.49. The summed E-state index contributed by atoms with van der Waals surface area (Å²) >= 11 is 0. The first-order valence-electron chi connectivity index (χ1n) is 5.25. The van der Waals surface area contributed by atoms with Gasteiger partial charge in [0.25, 0.3) is 0 Å². The molecule has 1 aliphatic heterocycles. The number of hydrogen-bond donors (Lipinski definition) is 1. The van der Waals surface area contributed by atoms with Gasteiger partial charge in [0.05, 0.1) is 12.8 Å². The van der Waals surface area contributed by atoms with Gasteiger partial charge in [0.1, 0.15) is 0 Å². The number of nitrogens with one attached hydrogen (secondary N) is 1. The summed E-state index contributed by atoms with van der Waals surface area (Å²) in [7, 11) is 3.19. The minimum absolute atomic E-state index is 0.353. The lowest BCUT2D eigenvalue weighted by atomic mass is 10.1. The van der Waals surface area contributed by atoms with Crippen LogP contribution in [-0.2, 0) is 11.8 Å². The van der Waals surface area contributed by atoms with Crippen molar-refractivity contribution in [3.8, 4) is 0 Å². The van der Waals surface area contributed by atoms with Crippen LogP contribution in [0.2, 0.25) is 0 Å². The van der Waals surface area contributed by atoms with Gasteiger partial charge >= 0.3 is 5.97 Å². The van der Waals surface area contributed by atoms with Crippen molar-refractivity contribution in [3.63, 3.8) is 0 Å². The summed E-state index contributed by atoms with van der Waals surface area (Å²) in [5.41, 5.74) is 2.50. The molecular formula is C11H15N3O2. The van der Waals surface area contributed by atoms with E-state index in [1.54, 1.807) is 10.7 Å². The van der Waals surface area contributed by atoms with Crippen molar-refractivity contribution in [1.82, 2.24) is 15.1 Å². The number of carbonyl (C=O) groups is 1. The molecule has 1 aromatic heterocycles. The normalized spacial score (nSPS) is 15.8. The molecule has 0 fully saturated rings.